The lowest BCUT2D eigenvalue weighted by atomic mass is 9.87. The minimum atomic E-state index is -1.63. The summed E-state index contributed by atoms with van der Waals surface area (Å²) in [6.45, 7) is 14.0. The maximum atomic E-state index is 13.2. The minimum absolute atomic E-state index is 0.334. The molecule has 33 heavy (non-hydrogen) atoms. The first-order valence-corrected chi connectivity index (χ1v) is 11.5. The quantitative estimate of drug-likeness (QED) is 0.355. The Bertz CT molecular complexity index is 919. The zero-order valence-corrected chi connectivity index (χ0v) is 21.6. The van der Waals surface area contributed by atoms with Gasteiger partial charge in [0.25, 0.3) is 0 Å². The average Bonchev–Trinajstić information content (AvgIpc) is 2.67. The summed E-state index contributed by atoms with van der Waals surface area (Å²) < 4.78 is 17.1. The SMILES string of the molecule is CCc1c(C(N)=S)ccc2c1CC[C@H]([C@](C)(ONC(=O)OC(C)(C)C)C(=O)OC(C)(C)C)O2. The number of benzene rings is 1. The largest absolute Gasteiger partial charge is 0.486 e. The van der Waals surface area contributed by atoms with Crippen molar-refractivity contribution in [2.24, 2.45) is 5.73 Å². The molecule has 1 heterocycles. The molecule has 0 aromatic heterocycles. The van der Waals surface area contributed by atoms with Crippen LogP contribution in [0.5, 0.6) is 5.75 Å². The minimum Gasteiger partial charge on any atom is -0.486 e. The van der Waals surface area contributed by atoms with E-state index in [1.807, 2.05) is 13.0 Å². The van der Waals surface area contributed by atoms with Crippen molar-refractivity contribution in [2.75, 3.05) is 0 Å². The summed E-state index contributed by atoms with van der Waals surface area (Å²) in [5.41, 5.74) is 7.87. The molecule has 9 heteroatoms. The van der Waals surface area contributed by atoms with Crippen LogP contribution in [0.2, 0.25) is 0 Å². The Hall–Kier alpha value is -2.39. The molecule has 0 saturated carbocycles. The van der Waals surface area contributed by atoms with Crippen molar-refractivity contribution in [3.8, 4) is 5.75 Å². The number of nitrogens with one attached hydrogen (secondary N) is 1. The third-order valence-corrected chi connectivity index (χ3v) is 5.32. The molecule has 2 rings (SSSR count). The van der Waals surface area contributed by atoms with Crippen molar-refractivity contribution in [1.82, 2.24) is 5.48 Å². The fraction of sp³-hybridized carbons (Fsp3) is 0.625. The van der Waals surface area contributed by atoms with E-state index in [-0.39, 0.29) is 0 Å². The summed E-state index contributed by atoms with van der Waals surface area (Å²) in [6.07, 6.45) is 0.266. The number of ether oxygens (including phenoxy) is 3. The molecule has 1 aromatic carbocycles. The van der Waals surface area contributed by atoms with Crippen molar-refractivity contribution in [2.45, 2.75) is 97.6 Å². The van der Waals surface area contributed by atoms with Crippen molar-refractivity contribution in [1.29, 1.82) is 0 Å². The van der Waals surface area contributed by atoms with Gasteiger partial charge in [0.2, 0.25) is 5.60 Å². The van der Waals surface area contributed by atoms with Crippen LogP contribution in [0.1, 0.15) is 78.5 Å². The highest BCUT2D eigenvalue weighted by Crippen LogP contribution is 2.37. The fourth-order valence-electron chi connectivity index (χ4n) is 3.63. The molecule has 0 spiro atoms. The van der Waals surface area contributed by atoms with Crippen LogP contribution < -0.4 is 16.0 Å². The lowest BCUT2D eigenvalue weighted by Gasteiger charge is -2.39. The second-order valence-corrected chi connectivity index (χ2v) is 10.7. The zero-order chi connectivity index (χ0) is 25.2. The Balaban J connectivity index is 2.35. The predicted molar refractivity (Wildman–Crippen MR) is 129 cm³/mol. The van der Waals surface area contributed by atoms with Gasteiger partial charge < -0.3 is 19.9 Å². The van der Waals surface area contributed by atoms with Gasteiger partial charge in [0, 0.05) is 5.56 Å². The summed E-state index contributed by atoms with van der Waals surface area (Å²) >= 11 is 5.19. The molecule has 1 aliphatic heterocycles. The van der Waals surface area contributed by atoms with Gasteiger partial charge in [-0.3, -0.25) is 0 Å². The van der Waals surface area contributed by atoms with Crippen LogP contribution in [0.4, 0.5) is 4.79 Å². The Morgan fingerprint density at radius 3 is 2.24 bits per heavy atom. The molecule has 184 valence electrons. The number of carbonyl (C=O) groups excluding carboxylic acids is 2. The number of nitrogens with two attached hydrogens (primary N) is 1. The van der Waals surface area contributed by atoms with Gasteiger partial charge in [-0.15, -0.1) is 0 Å². The van der Waals surface area contributed by atoms with E-state index in [0.29, 0.717) is 23.6 Å². The van der Waals surface area contributed by atoms with Crippen molar-refractivity contribution >= 4 is 29.3 Å². The number of hydrogen-bond donors (Lipinski definition) is 2. The van der Waals surface area contributed by atoms with E-state index >= 15 is 0 Å². The van der Waals surface area contributed by atoms with Crippen molar-refractivity contribution in [3.05, 3.63) is 28.8 Å². The molecule has 0 unspecified atom stereocenters. The normalized spacial score (nSPS) is 17.8. The maximum absolute atomic E-state index is 13.2. The van der Waals surface area contributed by atoms with E-state index in [1.165, 1.54) is 6.92 Å². The summed E-state index contributed by atoms with van der Waals surface area (Å²) in [5, 5.41) is 0. The topological polar surface area (TPSA) is 109 Å². The van der Waals surface area contributed by atoms with Crippen LogP contribution >= 0.6 is 12.2 Å². The summed E-state index contributed by atoms with van der Waals surface area (Å²) in [6, 6.07) is 3.62. The van der Waals surface area contributed by atoms with E-state index in [0.717, 1.165) is 23.1 Å². The maximum Gasteiger partial charge on any atom is 0.431 e. The molecule has 2 atom stereocenters. The van der Waals surface area contributed by atoms with Crippen LogP contribution in [0.15, 0.2) is 12.1 Å². The zero-order valence-electron chi connectivity index (χ0n) is 20.8. The molecular formula is C24H36N2O6S. The average molecular weight is 481 g/mol. The molecule has 0 aliphatic carbocycles. The number of hydrogen-bond acceptors (Lipinski definition) is 7. The highest BCUT2D eigenvalue weighted by atomic mass is 32.1. The van der Waals surface area contributed by atoms with Gasteiger partial charge in [-0.25, -0.2) is 14.4 Å². The number of esters is 1. The summed E-state index contributed by atoms with van der Waals surface area (Å²) in [5.74, 6) is -0.0336. The third kappa shape index (κ3) is 6.80. The Kier molecular flexibility index (Phi) is 8.02. The number of fused-ring (bicyclic) bond motifs is 1. The smallest absolute Gasteiger partial charge is 0.431 e. The Morgan fingerprint density at radius 2 is 1.73 bits per heavy atom. The van der Waals surface area contributed by atoms with Crippen molar-refractivity contribution in [3.63, 3.8) is 0 Å². The second kappa shape index (κ2) is 9.85. The number of rotatable bonds is 6. The third-order valence-electron chi connectivity index (χ3n) is 5.10. The van der Waals surface area contributed by atoms with Crippen LogP contribution in [0, 0.1) is 0 Å². The lowest BCUT2D eigenvalue weighted by molar-refractivity contribution is -0.205. The van der Waals surface area contributed by atoms with Gasteiger partial charge in [-0.05, 0) is 91.0 Å². The first kappa shape index (κ1) is 26.9. The highest BCUT2D eigenvalue weighted by molar-refractivity contribution is 7.80. The molecule has 1 aromatic rings. The lowest BCUT2D eigenvalue weighted by Crippen LogP contribution is -2.58. The van der Waals surface area contributed by atoms with Crippen LogP contribution in [0.25, 0.3) is 0 Å². The summed E-state index contributed by atoms with van der Waals surface area (Å²) in [4.78, 5) is 31.4. The van der Waals surface area contributed by atoms with E-state index < -0.39 is 35.0 Å². The second-order valence-electron chi connectivity index (χ2n) is 10.2. The van der Waals surface area contributed by atoms with Gasteiger partial charge in [-0.1, -0.05) is 19.1 Å². The molecular weight excluding hydrogens is 444 g/mol. The molecule has 0 bridgehead atoms. The first-order chi connectivity index (χ1) is 15.1. The standard InChI is InChI=1S/C24H36N2O6S/c1-9-14-15-11-13-18(29-17(15)12-10-16(14)19(25)33)24(8,20(27)30-22(2,3)4)32-26-21(28)31-23(5,6)7/h10,12,18H,9,11,13H2,1-8H3,(H2,25,33)(H,26,28)/t18-,24+/m1/s1. The monoisotopic (exact) mass is 480 g/mol. The highest BCUT2D eigenvalue weighted by Gasteiger charge is 2.50. The molecule has 1 aliphatic rings. The Morgan fingerprint density at radius 1 is 1.12 bits per heavy atom. The van der Waals surface area contributed by atoms with Gasteiger partial charge in [0.1, 0.15) is 28.0 Å². The van der Waals surface area contributed by atoms with E-state index in [2.05, 4.69) is 5.48 Å². The van der Waals surface area contributed by atoms with Gasteiger partial charge in [-0.2, -0.15) is 5.48 Å². The number of amides is 1. The van der Waals surface area contributed by atoms with Gasteiger partial charge in [0.15, 0.2) is 0 Å². The van der Waals surface area contributed by atoms with Crippen LogP contribution in [0.3, 0.4) is 0 Å². The number of hydroxylamine groups is 1. The van der Waals surface area contributed by atoms with Crippen LogP contribution in [-0.2, 0) is 31.9 Å². The van der Waals surface area contributed by atoms with Gasteiger partial charge in [0.05, 0.1) is 0 Å². The molecule has 0 radical (unpaired) electrons. The van der Waals surface area contributed by atoms with Gasteiger partial charge >= 0.3 is 12.1 Å². The molecule has 1 amide bonds. The van der Waals surface area contributed by atoms with Crippen LogP contribution in [-0.4, -0.2) is 40.0 Å². The fourth-order valence-corrected chi connectivity index (χ4v) is 3.82. The summed E-state index contributed by atoms with van der Waals surface area (Å²) in [7, 11) is 0. The van der Waals surface area contributed by atoms with E-state index in [9.17, 15) is 9.59 Å². The van der Waals surface area contributed by atoms with E-state index in [4.69, 9.17) is 37.0 Å². The number of thiocarbonyl (C=S) groups is 1. The van der Waals surface area contributed by atoms with E-state index in [1.54, 1.807) is 47.6 Å². The number of carbonyl (C=O) groups is 2. The molecule has 3 N–H and O–H groups in total. The molecule has 0 fully saturated rings. The Labute approximate surface area is 201 Å². The van der Waals surface area contributed by atoms with Crippen molar-refractivity contribution < 1.29 is 28.6 Å². The predicted octanol–water partition coefficient (Wildman–Crippen LogP) is 4.13. The molecule has 8 nitrogen and oxygen atoms in total. The molecule has 0 saturated heterocycles. The first-order valence-electron chi connectivity index (χ1n) is 11.1.